The fourth-order valence-corrected chi connectivity index (χ4v) is 3.47. The largest absolute Gasteiger partial charge is 0.461 e. The van der Waals surface area contributed by atoms with E-state index in [1.54, 1.807) is 18.4 Å². The molecular weight excluding hydrogens is 282 g/mol. The first-order valence-corrected chi connectivity index (χ1v) is 7.83. The first-order valence-electron chi connectivity index (χ1n) is 7.83. The minimum Gasteiger partial charge on any atom is -0.461 e. The summed E-state index contributed by atoms with van der Waals surface area (Å²) < 4.78 is 10.7. The number of piperazine rings is 1. The van der Waals surface area contributed by atoms with E-state index >= 15 is 0 Å². The minimum atomic E-state index is -0.0645. The number of rotatable bonds is 2. The Kier molecular flexibility index (Phi) is 3.46. The Bertz CT molecular complexity index is 649. The van der Waals surface area contributed by atoms with Gasteiger partial charge in [-0.1, -0.05) is 6.42 Å². The molecule has 6 nitrogen and oxygen atoms in total. The second kappa shape index (κ2) is 5.61. The predicted octanol–water partition coefficient (Wildman–Crippen LogP) is 2.24. The van der Waals surface area contributed by atoms with Crippen LogP contribution in [-0.4, -0.2) is 52.9 Å². The van der Waals surface area contributed by atoms with Crippen LogP contribution in [0.3, 0.4) is 0 Å². The lowest BCUT2D eigenvalue weighted by atomic mass is 9.99. The van der Waals surface area contributed by atoms with Crippen LogP contribution in [0, 0.1) is 0 Å². The van der Waals surface area contributed by atoms with Crippen LogP contribution in [0.2, 0.25) is 0 Å². The number of nitrogens with zero attached hydrogens (tertiary/aromatic N) is 3. The van der Waals surface area contributed by atoms with E-state index in [0.717, 1.165) is 26.2 Å². The lowest BCUT2D eigenvalue weighted by molar-refractivity contribution is 0.0369. The number of fused-ring (bicyclic) bond motifs is 1. The highest BCUT2D eigenvalue weighted by Crippen LogP contribution is 2.26. The van der Waals surface area contributed by atoms with Crippen molar-refractivity contribution < 1.29 is 13.6 Å². The van der Waals surface area contributed by atoms with Gasteiger partial charge in [-0.3, -0.25) is 9.69 Å². The van der Waals surface area contributed by atoms with Crippen molar-refractivity contribution in [1.29, 1.82) is 0 Å². The Morgan fingerprint density at radius 2 is 2.18 bits per heavy atom. The highest BCUT2D eigenvalue weighted by molar-refractivity contribution is 5.97. The Hall–Kier alpha value is -2.08. The molecule has 2 aliphatic heterocycles. The molecule has 0 bridgehead atoms. The second-order valence-corrected chi connectivity index (χ2v) is 5.94. The lowest BCUT2D eigenvalue weighted by Gasteiger charge is -2.43. The zero-order valence-electron chi connectivity index (χ0n) is 12.4. The van der Waals surface area contributed by atoms with E-state index in [1.807, 2.05) is 4.90 Å². The molecule has 0 aromatic carbocycles. The molecule has 2 saturated heterocycles. The third kappa shape index (κ3) is 2.33. The molecular formula is C16H19N3O3. The molecule has 2 aromatic rings. The first-order chi connectivity index (χ1) is 10.8. The number of hydrogen-bond donors (Lipinski definition) is 0. The number of piperidine rings is 1. The third-order valence-corrected chi connectivity index (χ3v) is 4.64. The minimum absolute atomic E-state index is 0.0645. The summed E-state index contributed by atoms with van der Waals surface area (Å²) in [6.07, 6.45) is 6.57. The Morgan fingerprint density at radius 1 is 1.23 bits per heavy atom. The van der Waals surface area contributed by atoms with Crippen LogP contribution >= 0.6 is 0 Å². The van der Waals surface area contributed by atoms with Gasteiger partial charge in [0.25, 0.3) is 5.91 Å². The quantitative estimate of drug-likeness (QED) is 0.851. The standard InChI is InChI=1S/C16H19N3O3/c20-16(14-15(22-11-17-14)13-5-3-9-21-13)19-8-7-18-6-2-1-4-12(18)10-19/h3,5,9,11-12H,1-2,4,6-8,10H2. The summed E-state index contributed by atoms with van der Waals surface area (Å²) in [5.74, 6) is 0.892. The van der Waals surface area contributed by atoms with Crippen molar-refractivity contribution in [3.05, 3.63) is 30.5 Å². The molecule has 116 valence electrons. The van der Waals surface area contributed by atoms with Crippen molar-refractivity contribution in [3.63, 3.8) is 0 Å². The van der Waals surface area contributed by atoms with Gasteiger partial charge in [-0.05, 0) is 31.5 Å². The van der Waals surface area contributed by atoms with Crippen LogP contribution in [-0.2, 0) is 0 Å². The second-order valence-electron chi connectivity index (χ2n) is 5.94. The Balaban J connectivity index is 1.54. The van der Waals surface area contributed by atoms with Crippen molar-refractivity contribution in [2.75, 3.05) is 26.2 Å². The summed E-state index contributed by atoms with van der Waals surface area (Å²) in [5.41, 5.74) is 0.346. The van der Waals surface area contributed by atoms with E-state index in [1.165, 1.54) is 25.7 Å². The SMILES string of the molecule is O=C(c1ncoc1-c1ccco1)N1CCN2CCCCC2C1. The monoisotopic (exact) mass is 301 g/mol. The van der Waals surface area contributed by atoms with Crippen molar-refractivity contribution in [2.45, 2.75) is 25.3 Å². The van der Waals surface area contributed by atoms with Crippen molar-refractivity contribution in [1.82, 2.24) is 14.8 Å². The molecule has 2 fully saturated rings. The maximum Gasteiger partial charge on any atom is 0.276 e. The molecule has 0 radical (unpaired) electrons. The summed E-state index contributed by atoms with van der Waals surface area (Å²) in [6, 6.07) is 4.04. The molecule has 0 N–H and O–H groups in total. The van der Waals surface area contributed by atoms with Gasteiger partial charge in [-0.2, -0.15) is 0 Å². The van der Waals surface area contributed by atoms with Gasteiger partial charge in [0.1, 0.15) is 0 Å². The van der Waals surface area contributed by atoms with E-state index in [2.05, 4.69) is 9.88 Å². The molecule has 0 saturated carbocycles. The molecule has 4 heterocycles. The van der Waals surface area contributed by atoms with Crippen molar-refractivity contribution in [3.8, 4) is 11.5 Å². The van der Waals surface area contributed by atoms with Crippen molar-refractivity contribution in [2.24, 2.45) is 0 Å². The summed E-state index contributed by atoms with van der Waals surface area (Å²) >= 11 is 0. The maximum absolute atomic E-state index is 12.8. The van der Waals surface area contributed by atoms with E-state index < -0.39 is 0 Å². The van der Waals surface area contributed by atoms with Gasteiger partial charge in [0.15, 0.2) is 17.8 Å². The van der Waals surface area contributed by atoms with E-state index in [9.17, 15) is 4.79 Å². The molecule has 4 rings (SSSR count). The zero-order chi connectivity index (χ0) is 14.9. The van der Waals surface area contributed by atoms with Crippen LogP contribution in [0.5, 0.6) is 0 Å². The van der Waals surface area contributed by atoms with Crippen LogP contribution in [0.15, 0.2) is 33.6 Å². The Morgan fingerprint density at radius 3 is 3.05 bits per heavy atom. The van der Waals surface area contributed by atoms with Crippen LogP contribution < -0.4 is 0 Å². The fourth-order valence-electron chi connectivity index (χ4n) is 3.47. The number of aromatic nitrogens is 1. The average molecular weight is 301 g/mol. The number of hydrogen-bond acceptors (Lipinski definition) is 5. The van der Waals surface area contributed by atoms with Gasteiger partial charge in [-0.15, -0.1) is 0 Å². The van der Waals surface area contributed by atoms with Gasteiger partial charge >= 0.3 is 0 Å². The van der Waals surface area contributed by atoms with Crippen LogP contribution in [0.1, 0.15) is 29.8 Å². The third-order valence-electron chi connectivity index (χ3n) is 4.64. The van der Waals surface area contributed by atoms with Crippen LogP contribution in [0.4, 0.5) is 0 Å². The molecule has 2 aromatic heterocycles. The van der Waals surface area contributed by atoms with E-state index in [0.29, 0.717) is 23.3 Å². The fraction of sp³-hybridized carbons (Fsp3) is 0.500. The molecule has 0 spiro atoms. The highest BCUT2D eigenvalue weighted by Gasteiger charge is 2.33. The van der Waals surface area contributed by atoms with Crippen molar-refractivity contribution >= 4 is 5.91 Å². The van der Waals surface area contributed by atoms with E-state index in [4.69, 9.17) is 8.83 Å². The van der Waals surface area contributed by atoms with Gasteiger partial charge in [0, 0.05) is 25.7 Å². The molecule has 1 amide bonds. The van der Waals surface area contributed by atoms with Gasteiger partial charge in [0.2, 0.25) is 5.76 Å². The van der Waals surface area contributed by atoms with Crippen LogP contribution in [0.25, 0.3) is 11.5 Å². The number of oxazole rings is 1. The number of amides is 1. The average Bonchev–Trinajstić information content (AvgIpc) is 3.24. The Labute approximate surface area is 128 Å². The zero-order valence-corrected chi connectivity index (χ0v) is 12.4. The normalized spacial score (nSPS) is 22.5. The maximum atomic E-state index is 12.8. The summed E-state index contributed by atoms with van der Waals surface area (Å²) in [6.45, 7) is 3.64. The number of carbonyl (C=O) groups is 1. The smallest absolute Gasteiger partial charge is 0.276 e. The summed E-state index contributed by atoms with van der Waals surface area (Å²) in [4.78, 5) is 21.3. The molecule has 6 heteroatoms. The molecule has 0 aliphatic carbocycles. The molecule has 1 unspecified atom stereocenters. The summed E-state index contributed by atoms with van der Waals surface area (Å²) in [5, 5.41) is 0. The van der Waals surface area contributed by atoms with E-state index in [-0.39, 0.29) is 5.91 Å². The first kappa shape index (κ1) is 13.6. The topological polar surface area (TPSA) is 62.7 Å². The molecule has 2 aliphatic rings. The lowest BCUT2D eigenvalue weighted by Crippen LogP contribution is -2.56. The van der Waals surface area contributed by atoms with Gasteiger partial charge < -0.3 is 13.7 Å². The predicted molar refractivity (Wildman–Crippen MR) is 79.3 cm³/mol. The summed E-state index contributed by atoms with van der Waals surface area (Å²) in [7, 11) is 0. The van der Waals surface area contributed by atoms with Gasteiger partial charge in [0.05, 0.1) is 6.26 Å². The number of furan rings is 1. The number of carbonyl (C=O) groups excluding carboxylic acids is 1. The molecule has 22 heavy (non-hydrogen) atoms. The highest BCUT2D eigenvalue weighted by atomic mass is 16.4. The molecule has 1 atom stereocenters. The van der Waals surface area contributed by atoms with Gasteiger partial charge in [-0.25, -0.2) is 4.98 Å².